The lowest BCUT2D eigenvalue weighted by atomic mass is 9.81. The van der Waals surface area contributed by atoms with Gasteiger partial charge in [-0.2, -0.15) is 0 Å². The van der Waals surface area contributed by atoms with Gasteiger partial charge < -0.3 is 60.1 Å². The number of hydrogen-bond acceptors (Lipinski definition) is 13. The number of nitrogens with zero attached hydrogens (tertiary/aromatic N) is 1. The summed E-state index contributed by atoms with van der Waals surface area (Å²) in [7, 11) is 0. The minimum absolute atomic E-state index is 0.0374. The molecule has 260 valence electrons. The van der Waals surface area contributed by atoms with Gasteiger partial charge in [-0.1, -0.05) is 6.58 Å². The van der Waals surface area contributed by atoms with Crippen molar-refractivity contribution in [1.82, 2.24) is 10.6 Å². The third-order valence-corrected chi connectivity index (χ3v) is 7.69. The van der Waals surface area contributed by atoms with E-state index < -0.39 is 35.1 Å². The number of Topliss-reactive ketones (excluding diaryl/α,β-unsaturated/α-hetero) is 1. The Labute approximate surface area is 278 Å². The summed E-state index contributed by atoms with van der Waals surface area (Å²) in [6, 6.07) is 4.10. The van der Waals surface area contributed by atoms with Crippen LogP contribution in [0.25, 0.3) is 0 Å². The predicted molar refractivity (Wildman–Crippen MR) is 184 cm³/mol. The Morgan fingerprint density at radius 3 is 1.85 bits per heavy atom. The van der Waals surface area contributed by atoms with Crippen molar-refractivity contribution in [3.8, 4) is 11.5 Å². The van der Waals surface area contributed by atoms with E-state index in [4.69, 9.17) is 28.7 Å². The number of carbonyl (C=O) groups is 4. The number of nitrogens with one attached hydrogen (secondary N) is 4. The first-order chi connectivity index (χ1) is 22.8. The van der Waals surface area contributed by atoms with Crippen LogP contribution in [0.2, 0.25) is 0 Å². The Balaban J connectivity index is 1.63. The van der Waals surface area contributed by atoms with E-state index in [1.54, 1.807) is 0 Å². The Hall–Kier alpha value is -5.35. The number of guanidine groups is 1. The van der Waals surface area contributed by atoms with E-state index in [-0.39, 0.29) is 77.3 Å². The van der Waals surface area contributed by atoms with Crippen LogP contribution in [0.4, 0.5) is 11.4 Å². The molecule has 3 rings (SSSR count). The number of aliphatic imine (C=N–C) groups is 1. The van der Waals surface area contributed by atoms with Crippen molar-refractivity contribution >= 4 is 40.6 Å². The number of ketones is 3. The molecule has 16 nitrogen and oxygen atoms in total. The zero-order valence-corrected chi connectivity index (χ0v) is 26.8. The maximum absolute atomic E-state index is 13.8. The van der Waals surface area contributed by atoms with Gasteiger partial charge in [0.2, 0.25) is 17.5 Å². The number of rotatable bonds is 20. The summed E-state index contributed by atoms with van der Waals surface area (Å²) < 4.78 is 0. The number of nitrogens with two attached hydrogens (primary N) is 5. The molecular formula is C32H46N10O6. The minimum Gasteiger partial charge on any atom is -0.507 e. The standard InChI is InChI=1S/C32H46N10O6/c1-17(33)38-12-2-5-18(34)22(43)7-4-13-39-20-8-10-23(44)27-25(20)29(46)28-24(45)11-9-21(26(28)30(27)47)40-15-16-41-31(48)19(35)6-3-14-42-32(36)37/h8-11,18-19,38-40,44-45H,1-7,12-16,33-35H2,(H,41,48)(H4,36,37,42). The first-order valence-corrected chi connectivity index (χ1v) is 15.7. The Morgan fingerprint density at radius 1 is 0.729 bits per heavy atom. The SMILES string of the molecule is C=C(N)NCCCC(N)C(=O)CCCNc1ccc(O)c2c1C(=O)c1c(O)ccc(NCCNC(=O)C(N)CCCN=C(N)N)c1C2=O. The summed E-state index contributed by atoms with van der Waals surface area (Å²) >= 11 is 0. The van der Waals surface area contributed by atoms with Crippen molar-refractivity contribution in [3.63, 3.8) is 0 Å². The second-order valence-electron chi connectivity index (χ2n) is 11.4. The van der Waals surface area contributed by atoms with Gasteiger partial charge in [0, 0.05) is 50.5 Å². The van der Waals surface area contributed by atoms with Gasteiger partial charge in [-0.15, -0.1) is 0 Å². The third-order valence-electron chi connectivity index (χ3n) is 7.69. The summed E-state index contributed by atoms with van der Waals surface area (Å²) in [6.45, 7) is 5.04. The van der Waals surface area contributed by atoms with Crippen molar-refractivity contribution in [3.05, 3.63) is 58.9 Å². The van der Waals surface area contributed by atoms with E-state index in [0.29, 0.717) is 51.0 Å². The molecule has 0 saturated heterocycles. The highest BCUT2D eigenvalue weighted by Gasteiger charge is 2.38. The molecule has 1 aliphatic rings. The van der Waals surface area contributed by atoms with Crippen molar-refractivity contribution in [2.24, 2.45) is 33.7 Å². The predicted octanol–water partition coefficient (Wildman–Crippen LogP) is -0.330. The van der Waals surface area contributed by atoms with Crippen LogP contribution < -0.4 is 49.9 Å². The summed E-state index contributed by atoms with van der Waals surface area (Å²) in [4.78, 5) is 56.2. The molecule has 0 fully saturated rings. The molecule has 0 bridgehead atoms. The molecule has 1 aliphatic carbocycles. The average molecular weight is 667 g/mol. The molecule has 0 aromatic heterocycles. The molecule has 0 radical (unpaired) electrons. The van der Waals surface area contributed by atoms with Crippen molar-refractivity contribution in [2.75, 3.05) is 43.4 Å². The first kappa shape index (κ1) is 37.1. The normalized spacial score (nSPS) is 13.0. The van der Waals surface area contributed by atoms with Gasteiger partial charge in [-0.3, -0.25) is 24.2 Å². The number of amides is 1. The zero-order chi connectivity index (χ0) is 35.4. The van der Waals surface area contributed by atoms with Crippen LogP contribution in [-0.2, 0) is 9.59 Å². The number of carbonyl (C=O) groups excluding carboxylic acids is 4. The molecule has 1 amide bonds. The summed E-state index contributed by atoms with van der Waals surface area (Å²) in [5.74, 6) is -2.31. The van der Waals surface area contributed by atoms with E-state index in [1.165, 1.54) is 24.3 Å². The fraction of sp³-hybridized carbons (Fsp3) is 0.406. The van der Waals surface area contributed by atoms with Crippen LogP contribution in [0.5, 0.6) is 11.5 Å². The van der Waals surface area contributed by atoms with Gasteiger partial charge in [0.05, 0.1) is 40.2 Å². The number of phenols is 2. The molecule has 48 heavy (non-hydrogen) atoms. The fourth-order valence-electron chi connectivity index (χ4n) is 5.23. The summed E-state index contributed by atoms with van der Waals surface area (Å²) in [6.07, 6.45) is 2.62. The quantitative estimate of drug-likeness (QED) is 0.0319. The van der Waals surface area contributed by atoms with Gasteiger partial charge in [0.25, 0.3) is 0 Å². The van der Waals surface area contributed by atoms with E-state index in [9.17, 15) is 29.4 Å². The van der Waals surface area contributed by atoms with Gasteiger partial charge in [-0.25, -0.2) is 0 Å². The molecule has 0 heterocycles. The van der Waals surface area contributed by atoms with Crippen LogP contribution in [0.1, 0.15) is 70.4 Å². The molecule has 0 spiro atoms. The van der Waals surface area contributed by atoms with Crippen molar-refractivity contribution in [2.45, 2.75) is 50.6 Å². The lowest BCUT2D eigenvalue weighted by molar-refractivity contribution is -0.122. The van der Waals surface area contributed by atoms with Crippen molar-refractivity contribution < 1.29 is 29.4 Å². The van der Waals surface area contributed by atoms with Gasteiger partial charge in [0.1, 0.15) is 17.3 Å². The molecule has 0 saturated carbocycles. The Bertz CT molecular complexity index is 1560. The number of fused-ring (bicyclic) bond motifs is 2. The number of benzene rings is 2. The average Bonchev–Trinajstić information content (AvgIpc) is 3.04. The van der Waals surface area contributed by atoms with Crippen molar-refractivity contribution in [1.29, 1.82) is 0 Å². The van der Waals surface area contributed by atoms with Crippen LogP contribution >= 0.6 is 0 Å². The lowest BCUT2D eigenvalue weighted by Gasteiger charge is -2.24. The largest absolute Gasteiger partial charge is 0.507 e. The van der Waals surface area contributed by atoms with Crippen LogP contribution in [0, 0.1) is 0 Å². The molecular weight excluding hydrogens is 620 g/mol. The number of phenolic OH excluding ortho intramolecular Hbond substituents is 2. The molecule has 2 aromatic carbocycles. The third kappa shape index (κ3) is 9.83. The highest BCUT2D eigenvalue weighted by Crippen LogP contribution is 2.42. The fourth-order valence-corrected chi connectivity index (χ4v) is 5.23. The molecule has 0 aliphatic heterocycles. The van der Waals surface area contributed by atoms with Crippen LogP contribution in [-0.4, -0.2) is 84.2 Å². The second-order valence-corrected chi connectivity index (χ2v) is 11.4. The number of aromatic hydroxyl groups is 2. The maximum atomic E-state index is 13.8. The highest BCUT2D eigenvalue weighted by atomic mass is 16.3. The smallest absolute Gasteiger partial charge is 0.236 e. The highest BCUT2D eigenvalue weighted by molar-refractivity contribution is 6.33. The Morgan fingerprint density at radius 2 is 1.29 bits per heavy atom. The molecule has 16 heteroatoms. The van der Waals surface area contributed by atoms with Gasteiger partial charge in [-0.05, 0) is 56.4 Å². The molecule has 2 unspecified atom stereocenters. The molecule has 2 aromatic rings. The molecule has 16 N–H and O–H groups in total. The Kier molecular flexibility index (Phi) is 13.6. The van der Waals surface area contributed by atoms with Crippen LogP contribution in [0.15, 0.2) is 41.7 Å². The number of hydrogen-bond donors (Lipinski definition) is 11. The lowest BCUT2D eigenvalue weighted by Crippen LogP contribution is -2.42. The second kappa shape index (κ2) is 17.5. The van der Waals surface area contributed by atoms with Gasteiger partial charge >= 0.3 is 0 Å². The summed E-state index contributed by atoms with van der Waals surface area (Å²) in [5, 5.41) is 33.0. The van der Waals surface area contributed by atoms with E-state index >= 15 is 0 Å². The zero-order valence-electron chi connectivity index (χ0n) is 26.8. The minimum atomic E-state index is -0.768. The van der Waals surface area contributed by atoms with Gasteiger partial charge in [0.15, 0.2) is 5.96 Å². The summed E-state index contributed by atoms with van der Waals surface area (Å²) in [5.41, 5.74) is 27.8. The van der Waals surface area contributed by atoms with E-state index in [2.05, 4.69) is 32.8 Å². The van der Waals surface area contributed by atoms with E-state index in [1.807, 2.05) is 0 Å². The topological polar surface area (TPSA) is 299 Å². The number of anilines is 2. The van der Waals surface area contributed by atoms with Crippen LogP contribution in [0.3, 0.4) is 0 Å². The maximum Gasteiger partial charge on any atom is 0.236 e. The monoisotopic (exact) mass is 666 g/mol. The van der Waals surface area contributed by atoms with E-state index in [0.717, 1.165) is 0 Å². The molecule has 2 atom stereocenters. The first-order valence-electron chi connectivity index (χ1n) is 15.7.